The number of aromatic amines is 1. The van der Waals surface area contributed by atoms with Crippen LogP contribution >= 0.6 is 0 Å². The van der Waals surface area contributed by atoms with Gasteiger partial charge in [0.05, 0.1) is 6.04 Å². The molecule has 2 atom stereocenters. The lowest BCUT2D eigenvalue weighted by Crippen LogP contribution is -2.44. The first-order valence-electron chi connectivity index (χ1n) is 9.41. The molecule has 4 heterocycles. The molecule has 0 radical (unpaired) electrons. The fraction of sp³-hybridized carbons (Fsp3) is 0.174. The molecule has 0 aliphatic carbocycles. The van der Waals surface area contributed by atoms with Gasteiger partial charge >= 0.3 is 0 Å². The highest BCUT2D eigenvalue weighted by Gasteiger charge is 2.41. The Morgan fingerprint density at radius 2 is 1.89 bits per heavy atom. The normalized spacial score (nSPS) is 21.2. The van der Waals surface area contributed by atoms with Gasteiger partial charge in [0.2, 0.25) is 0 Å². The maximum Gasteiger partial charge on any atom is 0.181 e. The predicted octanol–water partition coefficient (Wildman–Crippen LogP) is 4.60. The molecule has 0 unspecified atom stereocenters. The number of H-pyrrole nitrogens is 1. The van der Waals surface area contributed by atoms with Crippen LogP contribution in [0.1, 0.15) is 34.7 Å². The summed E-state index contributed by atoms with van der Waals surface area (Å²) in [5.41, 5.74) is 6.27. The van der Waals surface area contributed by atoms with E-state index in [1.807, 2.05) is 24.5 Å². The van der Waals surface area contributed by atoms with Gasteiger partial charge in [0, 0.05) is 46.7 Å². The van der Waals surface area contributed by atoms with Gasteiger partial charge in [-0.15, -0.1) is 0 Å². The SMILES string of the molecule is c1cncc([C@@H]2Oc3ccccc3[C@@H]3c4[nH]c5ccccc5c4CCN32)c1. The zero-order valence-corrected chi connectivity index (χ0v) is 14.8. The van der Waals surface area contributed by atoms with Crippen molar-refractivity contribution in [3.8, 4) is 5.75 Å². The molecule has 4 heteroatoms. The van der Waals surface area contributed by atoms with Crippen LogP contribution in [0.2, 0.25) is 0 Å². The number of nitrogens with zero attached hydrogens (tertiary/aromatic N) is 2. The summed E-state index contributed by atoms with van der Waals surface area (Å²) in [6.45, 7) is 0.952. The molecule has 0 amide bonds. The van der Waals surface area contributed by atoms with Crippen LogP contribution in [0.3, 0.4) is 0 Å². The topological polar surface area (TPSA) is 41.1 Å². The number of hydrogen-bond donors (Lipinski definition) is 1. The van der Waals surface area contributed by atoms with Crippen molar-refractivity contribution in [3.63, 3.8) is 0 Å². The Balaban J connectivity index is 1.58. The van der Waals surface area contributed by atoms with Gasteiger partial charge in [0.25, 0.3) is 0 Å². The molecule has 2 aliphatic rings. The number of hydrogen-bond acceptors (Lipinski definition) is 3. The maximum absolute atomic E-state index is 6.45. The van der Waals surface area contributed by atoms with Gasteiger partial charge in [0.15, 0.2) is 6.23 Å². The van der Waals surface area contributed by atoms with Crippen molar-refractivity contribution in [1.82, 2.24) is 14.9 Å². The summed E-state index contributed by atoms with van der Waals surface area (Å²) in [4.78, 5) is 10.5. The van der Waals surface area contributed by atoms with Gasteiger partial charge < -0.3 is 9.72 Å². The van der Waals surface area contributed by atoms with E-state index in [-0.39, 0.29) is 12.3 Å². The van der Waals surface area contributed by atoms with Crippen molar-refractivity contribution in [2.75, 3.05) is 6.54 Å². The fourth-order valence-electron chi connectivity index (χ4n) is 4.63. The Bertz CT molecular complexity index is 1130. The molecule has 2 aromatic heterocycles. The summed E-state index contributed by atoms with van der Waals surface area (Å²) in [6.07, 6.45) is 4.61. The first-order chi connectivity index (χ1) is 13.4. The maximum atomic E-state index is 6.45. The zero-order valence-electron chi connectivity index (χ0n) is 14.8. The van der Waals surface area contributed by atoms with E-state index < -0.39 is 0 Å². The van der Waals surface area contributed by atoms with E-state index in [1.165, 1.54) is 27.7 Å². The van der Waals surface area contributed by atoms with E-state index in [9.17, 15) is 0 Å². The van der Waals surface area contributed by atoms with Gasteiger partial charge in [-0.2, -0.15) is 0 Å². The van der Waals surface area contributed by atoms with Crippen LogP contribution in [0.4, 0.5) is 0 Å². The monoisotopic (exact) mass is 353 g/mol. The quantitative estimate of drug-likeness (QED) is 0.544. The second-order valence-electron chi connectivity index (χ2n) is 7.25. The average molecular weight is 353 g/mol. The fourth-order valence-corrected chi connectivity index (χ4v) is 4.63. The third-order valence-corrected chi connectivity index (χ3v) is 5.79. The number of rotatable bonds is 1. The van der Waals surface area contributed by atoms with Gasteiger partial charge in [-0.25, -0.2) is 0 Å². The molecular formula is C23H19N3O. The molecule has 6 rings (SSSR count). The smallest absolute Gasteiger partial charge is 0.181 e. The van der Waals surface area contributed by atoms with Crippen molar-refractivity contribution in [3.05, 3.63) is 95.4 Å². The summed E-state index contributed by atoms with van der Waals surface area (Å²) in [5.74, 6) is 0.958. The van der Waals surface area contributed by atoms with E-state index in [4.69, 9.17) is 4.74 Å². The Morgan fingerprint density at radius 3 is 2.81 bits per heavy atom. The molecular weight excluding hydrogens is 334 g/mol. The zero-order chi connectivity index (χ0) is 17.8. The summed E-state index contributed by atoms with van der Waals surface area (Å²) in [6, 6.07) is 21.3. The Morgan fingerprint density at radius 1 is 1.00 bits per heavy atom. The lowest BCUT2D eigenvalue weighted by atomic mass is 9.90. The minimum atomic E-state index is -0.127. The highest BCUT2D eigenvalue weighted by Crippen LogP contribution is 2.48. The lowest BCUT2D eigenvalue weighted by Gasteiger charge is -2.45. The van der Waals surface area contributed by atoms with Crippen LogP contribution in [-0.4, -0.2) is 21.4 Å². The minimum Gasteiger partial charge on any atom is -0.470 e. The Kier molecular flexibility index (Phi) is 3.16. The molecule has 0 fully saturated rings. The summed E-state index contributed by atoms with van der Waals surface area (Å²) < 4.78 is 6.45. The van der Waals surface area contributed by atoms with Gasteiger partial charge in [-0.3, -0.25) is 9.88 Å². The first kappa shape index (κ1) is 15.0. The summed E-state index contributed by atoms with van der Waals surface area (Å²) in [5, 5.41) is 1.34. The van der Waals surface area contributed by atoms with E-state index in [0.29, 0.717) is 0 Å². The number of nitrogens with one attached hydrogen (secondary N) is 1. The van der Waals surface area contributed by atoms with Gasteiger partial charge in [-0.1, -0.05) is 42.5 Å². The van der Waals surface area contributed by atoms with E-state index in [1.54, 1.807) is 0 Å². The van der Waals surface area contributed by atoms with E-state index in [2.05, 4.69) is 63.4 Å². The molecule has 0 saturated carbocycles. The summed E-state index contributed by atoms with van der Waals surface area (Å²) >= 11 is 0. The molecule has 27 heavy (non-hydrogen) atoms. The Hall–Kier alpha value is -3.11. The molecule has 4 nitrogen and oxygen atoms in total. The predicted molar refractivity (Wildman–Crippen MR) is 105 cm³/mol. The molecule has 0 bridgehead atoms. The van der Waals surface area contributed by atoms with Gasteiger partial charge in [-0.05, 0) is 30.2 Å². The van der Waals surface area contributed by atoms with Crippen LogP contribution < -0.4 is 4.74 Å². The Labute approximate surface area is 157 Å². The largest absolute Gasteiger partial charge is 0.470 e. The van der Waals surface area contributed by atoms with Crippen molar-refractivity contribution in [2.24, 2.45) is 0 Å². The first-order valence-corrected chi connectivity index (χ1v) is 9.41. The standard InChI is InChI=1S/C23H19N3O/c1-3-9-19-16(7-1)17-11-13-26-22(21(17)25-19)18-8-2-4-10-20(18)27-23(26)15-6-5-12-24-14-15/h1-10,12,14,22-23,25H,11,13H2/t22-,23+/m1/s1. The lowest BCUT2D eigenvalue weighted by molar-refractivity contribution is -0.0247. The van der Waals surface area contributed by atoms with Crippen molar-refractivity contribution in [2.45, 2.75) is 18.7 Å². The van der Waals surface area contributed by atoms with E-state index >= 15 is 0 Å². The minimum absolute atomic E-state index is 0.127. The summed E-state index contributed by atoms with van der Waals surface area (Å²) in [7, 11) is 0. The molecule has 2 aromatic carbocycles. The molecule has 2 aliphatic heterocycles. The second kappa shape index (κ2) is 5.69. The van der Waals surface area contributed by atoms with Crippen molar-refractivity contribution in [1.29, 1.82) is 0 Å². The molecule has 132 valence electrons. The number of benzene rings is 2. The van der Waals surface area contributed by atoms with Crippen LogP contribution in [0.25, 0.3) is 10.9 Å². The number of fused-ring (bicyclic) bond motifs is 7. The number of aromatic nitrogens is 2. The number of ether oxygens (including phenoxy) is 1. The second-order valence-corrected chi connectivity index (χ2v) is 7.25. The highest BCUT2D eigenvalue weighted by molar-refractivity contribution is 5.85. The molecule has 1 N–H and O–H groups in total. The third kappa shape index (κ3) is 2.17. The number of para-hydroxylation sites is 2. The molecule has 4 aromatic rings. The van der Waals surface area contributed by atoms with Crippen molar-refractivity contribution < 1.29 is 4.74 Å². The molecule has 0 spiro atoms. The third-order valence-electron chi connectivity index (χ3n) is 5.79. The van der Waals surface area contributed by atoms with Crippen molar-refractivity contribution >= 4 is 10.9 Å². The van der Waals surface area contributed by atoms with Crippen LogP contribution in [-0.2, 0) is 6.42 Å². The average Bonchev–Trinajstić information content (AvgIpc) is 3.12. The van der Waals surface area contributed by atoms with Crippen LogP contribution in [0.5, 0.6) is 5.75 Å². The van der Waals surface area contributed by atoms with Crippen LogP contribution in [0, 0.1) is 0 Å². The van der Waals surface area contributed by atoms with Crippen LogP contribution in [0.15, 0.2) is 73.1 Å². The molecule has 0 saturated heterocycles. The highest BCUT2D eigenvalue weighted by atomic mass is 16.5. The van der Waals surface area contributed by atoms with E-state index in [0.717, 1.165) is 24.3 Å². The number of pyridine rings is 1. The van der Waals surface area contributed by atoms with Gasteiger partial charge in [0.1, 0.15) is 5.75 Å².